The van der Waals surface area contributed by atoms with Gasteiger partial charge in [0.05, 0.1) is 6.67 Å². The van der Waals surface area contributed by atoms with Gasteiger partial charge in [-0.15, -0.1) is 0 Å². The molecule has 2 fully saturated rings. The molecule has 2 rings (SSSR count). The van der Waals surface area contributed by atoms with Crippen LogP contribution in [0.1, 0.15) is 19.3 Å². The van der Waals surface area contributed by atoms with Crippen LogP contribution in [0, 0.1) is 11.8 Å². The van der Waals surface area contributed by atoms with Gasteiger partial charge in [-0.2, -0.15) is 0 Å². The number of likely N-dealkylation sites (tertiary alicyclic amines) is 1. The fourth-order valence-electron chi connectivity index (χ4n) is 2.65. The Balaban J connectivity index is 1.79. The number of nitrogens with two attached hydrogens (primary N) is 2. The number of amidine groups is 1. The summed E-state index contributed by atoms with van der Waals surface area (Å²) in [6, 6.07) is 0. The molecule has 4 nitrogen and oxygen atoms in total. The summed E-state index contributed by atoms with van der Waals surface area (Å²) >= 11 is 1.03. The predicted molar refractivity (Wildman–Crippen MR) is 60.7 cm³/mol. The third-order valence-electron chi connectivity index (χ3n) is 3.35. The van der Waals surface area contributed by atoms with Gasteiger partial charge in [0.1, 0.15) is 0 Å². The lowest BCUT2D eigenvalue weighted by Crippen LogP contribution is -2.23. The van der Waals surface area contributed by atoms with Crippen molar-refractivity contribution in [3.8, 4) is 0 Å². The van der Waals surface area contributed by atoms with E-state index in [1.54, 1.807) is 0 Å². The first kappa shape index (κ1) is 10.3. The molecule has 0 spiro atoms. The van der Waals surface area contributed by atoms with E-state index in [-0.39, 0.29) is 0 Å². The second-order valence-corrected chi connectivity index (χ2v) is 4.90. The van der Waals surface area contributed by atoms with Gasteiger partial charge in [0.15, 0.2) is 5.17 Å². The van der Waals surface area contributed by atoms with Crippen molar-refractivity contribution in [2.45, 2.75) is 19.3 Å². The quantitative estimate of drug-likeness (QED) is 0.401. The number of hydrogen-bond acceptors (Lipinski definition) is 4. The highest BCUT2D eigenvalue weighted by atomic mass is 32.2. The molecule has 0 aromatic rings. The Hall–Kier alpha value is -0.260. The zero-order valence-electron chi connectivity index (χ0n) is 8.35. The first-order chi connectivity index (χ1) is 6.79. The number of fused-ring (bicyclic) bond motifs is 1. The minimum absolute atomic E-state index is 0.488. The second-order valence-electron chi connectivity index (χ2n) is 4.24. The SMILES string of the molecule is NSC(N)=NCN1C[C@H]2CCC[C@H]2C1. The first-order valence-corrected chi connectivity index (χ1v) is 6.06. The number of hydrogen-bond donors (Lipinski definition) is 2. The molecule has 0 bridgehead atoms. The van der Waals surface area contributed by atoms with Crippen molar-refractivity contribution >= 4 is 17.1 Å². The van der Waals surface area contributed by atoms with E-state index in [0.29, 0.717) is 5.17 Å². The Bertz CT molecular complexity index is 219. The average molecular weight is 214 g/mol. The highest BCUT2D eigenvalue weighted by Crippen LogP contribution is 2.37. The van der Waals surface area contributed by atoms with Gasteiger partial charge in [-0.1, -0.05) is 6.42 Å². The van der Waals surface area contributed by atoms with Crippen LogP contribution in [-0.2, 0) is 0 Å². The maximum Gasteiger partial charge on any atom is 0.170 e. The van der Waals surface area contributed by atoms with E-state index in [1.165, 1.54) is 32.4 Å². The standard InChI is InChI=1S/C9H18N4S/c10-9(14-11)12-6-13-4-7-2-1-3-8(7)5-13/h7-8H,1-6,11H2,(H2,10,12)/t7-,8+. The van der Waals surface area contributed by atoms with Crippen LogP contribution in [0.4, 0.5) is 0 Å². The van der Waals surface area contributed by atoms with Crippen LogP contribution in [0.3, 0.4) is 0 Å². The van der Waals surface area contributed by atoms with Gasteiger partial charge >= 0.3 is 0 Å². The normalized spacial score (nSPS) is 33.6. The lowest BCUT2D eigenvalue weighted by Gasteiger charge is -2.13. The lowest BCUT2D eigenvalue weighted by molar-refractivity contribution is 0.322. The summed E-state index contributed by atoms with van der Waals surface area (Å²) in [7, 11) is 0. The van der Waals surface area contributed by atoms with Gasteiger partial charge in [0.25, 0.3) is 0 Å². The Kier molecular flexibility index (Phi) is 3.30. The Morgan fingerprint density at radius 3 is 2.57 bits per heavy atom. The molecule has 80 valence electrons. The van der Waals surface area contributed by atoms with E-state index in [4.69, 9.17) is 10.9 Å². The number of nitrogens with zero attached hydrogens (tertiary/aromatic N) is 2. The van der Waals surface area contributed by atoms with Crippen molar-refractivity contribution in [3.63, 3.8) is 0 Å². The monoisotopic (exact) mass is 214 g/mol. The zero-order valence-corrected chi connectivity index (χ0v) is 9.17. The minimum atomic E-state index is 0.488. The van der Waals surface area contributed by atoms with Crippen molar-refractivity contribution in [2.24, 2.45) is 27.7 Å². The summed E-state index contributed by atoms with van der Waals surface area (Å²) in [5, 5.41) is 5.78. The van der Waals surface area contributed by atoms with Crippen molar-refractivity contribution in [1.29, 1.82) is 0 Å². The van der Waals surface area contributed by atoms with Crippen LogP contribution in [0.5, 0.6) is 0 Å². The van der Waals surface area contributed by atoms with Crippen LogP contribution >= 0.6 is 11.9 Å². The van der Waals surface area contributed by atoms with E-state index < -0.39 is 0 Å². The fourth-order valence-corrected chi connectivity index (χ4v) is 2.79. The lowest BCUT2D eigenvalue weighted by atomic mass is 10.0. The zero-order chi connectivity index (χ0) is 9.97. The van der Waals surface area contributed by atoms with Gasteiger partial charge < -0.3 is 5.73 Å². The second kappa shape index (κ2) is 4.51. The molecule has 0 aromatic carbocycles. The van der Waals surface area contributed by atoms with Gasteiger partial charge in [0.2, 0.25) is 0 Å². The molecule has 0 amide bonds. The highest BCUT2D eigenvalue weighted by molar-refractivity contribution is 8.11. The molecular formula is C9H18N4S. The average Bonchev–Trinajstić information content (AvgIpc) is 2.73. The molecular weight excluding hydrogens is 196 g/mol. The Morgan fingerprint density at radius 1 is 1.36 bits per heavy atom. The van der Waals surface area contributed by atoms with Crippen LogP contribution in [0.15, 0.2) is 4.99 Å². The predicted octanol–water partition coefficient (Wildman–Crippen LogP) is 0.597. The van der Waals surface area contributed by atoms with Crippen LogP contribution in [0.25, 0.3) is 0 Å². The van der Waals surface area contributed by atoms with Gasteiger partial charge in [-0.25, -0.2) is 4.99 Å². The minimum Gasteiger partial charge on any atom is -0.377 e. The molecule has 1 saturated heterocycles. The topological polar surface area (TPSA) is 67.6 Å². The molecule has 0 aromatic heterocycles. The van der Waals surface area contributed by atoms with E-state index in [2.05, 4.69) is 9.89 Å². The molecule has 14 heavy (non-hydrogen) atoms. The third-order valence-corrected chi connectivity index (χ3v) is 3.72. The number of aliphatic imine (C=N–C) groups is 1. The van der Waals surface area contributed by atoms with E-state index in [1.807, 2.05) is 0 Å². The third kappa shape index (κ3) is 2.21. The fraction of sp³-hybridized carbons (Fsp3) is 0.889. The maximum absolute atomic E-state index is 5.53. The molecule has 1 aliphatic carbocycles. The summed E-state index contributed by atoms with van der Waals surface area (Å²) < 4.78 is 0. The van der Waals surface area contributed by atoms with Crippen LogP contribution < -0.4 is 10.9 Å². The van der Waals surface area contributed by atoms with Gasteiger partial charge in [-0.3, -0.25) is 10.0 Å². The van der Waals surface area contributed by atoms with Crippen LogP contribution in [0.2, 0.25) is 0 Å². The van der Waals surface area contributed by atoms with Crippen molar-refractivity contribution in [1.82, 2.24) is 4.90 Å². The van der Waals surface area contributed by atoms with Gasteiger partial charge in [-0.05, 0) is 36.6 Å². The summed E-state index contributed by atoms with van der Waals surface area (Å²) in [6.07, 6.45) is 4.24. The van der Waals surface area contributed by atoms with Crippen molar-refractivity contribution in [2.75, 3.05) is 19.8 Å². The van der Waals surface area contributed by atoms with Crippen molar-refractivity contribution in [3.05, 3.63) is 0 Å². The Morgan fingerprint density at radius 2 is 2.00 bits per heavy atom. The first-order valence-electron chi connectivity index (χ1n) is 5.18. The van der Waals surface area contributed by atoms with Crippen LogP contribution in [-0.4, -0.2) is 29.8 Å². The molecule has 2 atom stereocenters. The van der Waals surface area contributed by atoms with E-state index in [9.17, 15) is 0 Å². The summed E-state index contributed by atoms with van der Waals surface area (Å²) in [6.45, 7) is 3.14. The molecule has 0 unspecified atom stereocenters. The Labute approximate surface area is 89.2 Å². The summed E-state index contributed by atoms with van der Waals surface area (Å²) in [5.74, 6) is 1.86. The molecule has 1 aliphatic heterocycles. The molecule has 1 heterocycles. The highest BCUT2D eigenvalue weighted by Gasteiger charge is 2.35. The summed E-state index contributed by atoms with van der Waals surface area (Å²) in [4.78, 5) is 6.60. The molecule has 5 heteroatoms. The van der Waals surface area contributed by atoms with E-state index in [0.717, 1.165) is 30.5 Å². The maximum atomic E-state index is 5.53. The molecule has 1 saturated carbocycles. The number of rotatable bonds is 2. The molecule has 4 N–H and O–H groups in total. The van der Waals surface area contributed by atoms with Gasteiger partial charge in [0, 0.05) is 13.1 Å². The molecule has 0 radical (unpaired) electrons. The molecule has 2 aliphatic rings. The largest absolute Gasteiger partial charge is 0.377 e. The van der Waals surface area contributed by atoms with Crippen molar-refractivity contribution < 1.29 is 0 Å². The van der Waals surface area contributed by atoms with E-state index >= 15 is 0 Å². The summed E-state index contributed by atoms with van der Waals surface area (Å²) in [5.41, 5.74) is 5.53. The smallest absolute Gasteiger partial charge is 0.170 e.